The zero-order chi connectivity index (χ0) is 18.4. The van der Waals surface area contributed by atoms with Crippen molar-refractivity contribution >= 4 is 23.3 Å². The fraction of sp³-hybridized carbons (Fsp3) is 0.222. The summed E-state index contributed by atoms with van der Waals surface area (Å²) in [7, 11) is 0. The molecule has 2 aromatic carbocycles. The molecule has 0 aliphatic rings. The van der Waals surface area contributed by atoms with Crippen molar-refractivity contribution in [3.05, 3.63) is 69.8 Å². The lowest BCUT2D eigenvalue weighted by Crippen LogP contribution is -2.20. The van der Waals surface area contributed by atoms with Crippen LogP contribution in [0.3, 0.4) is 0 Å². The van der Waals surface area contributed by atoms with Gasteiger partial charge in [0, 0.05) is 17.8 Å². The van der Waals surface area contributed by atoms with E-state index >= 15 is 0 Å². The number of hydrogen-bond acceptors (Lipinski definition) is 5. The van der Waals surface area contributed by atoms with Crippen LogP contribution in [0.25, 0.3) is 0 Å². The van der Waals surface area contributed by atoms with E-state index in [2.05, 4.69) is 19.2 Å². The monoisotopic (exact) mass is 342 g/mol. The van der Waals surface area contributed by atoms with E-state index in [1.165, 1.54) is 24.3 Å². The first kappa shape index (κ1) is 18.1. The van der Waals surface area contributed by atoms with E-state index in [4.69, 9.17) is 4.74 Å². The minimum atomic E-state index is -0.722. The highest BCUT2D eigenvalue weighted by atomic mass is 16.6. The van der Waals surface area contributed by atoms with E-state index in [1.807, 2.05) is 12.1 Å². The van der Waals surface area contributed by atoms with Crippen molar-refractivity contribution in [1.29, 1.82) is 0 Å². The Hall–Kier alpha value is -3.22. The largest absolute Gasteiger partial charge is 0.452 e. The standard InChI is InChI=1S/C18H18N2O5/c1-12(2)13-3-7-15(8-4-13)19-17(21)11-25-18(22)14-5-9-16(10-6-14)20(23)24/h3-10,12H,11H2,1-2H3,(H,19,21). The number of nitro groups is 1. The van der Waals surface area contributed by atoms with Gasteiger partial charge in [0.1, 0.15) is 0 Å². The summed E-state index contributed by atoms with van der Waals surface area (Å²) in [5.41, 5.74) is 1.78. The highest BCUT2D eigenvalue weighted by Crippen LogP contribution is 2.17. The summed E-state index contributed by atoms with van der Waals surface area (Å²) in [6.07, 6.45) is 0. The molecule has 0 aliphatic carbocycles. The summed E-state index contributed by atoms with van der Waals surface area (Å²) in [5, 5.41) is 13.2. The van der Waals surface area contributed by atoms with Crippen molar-refractivity contribution in [1.82, 2.24) is 0 Å². The normalized spacial score (nSPS) is 10.4. The molecule has 0 radical (unpaired) electrons. The van der Waals surface area contributed by atoms with Gasteiger partial charge >= 0.3 is 5.97 Å². The molecule has 0 bridgehead atoms. The predicted octanol–water partition coefficient (Wildman–Crippen LogP) is 3.51. The van der Waals surface area contributed by atoms with Crippen LogP contribution >= 0.6 is 0 Å². The number of nitro benzene ring substituents is 1. The maximum absolute atomic E-state index is 11.8. The molecule has 7 nitrogen and oxygen atoms in total. The number of benzene rings is 2. The number of anilines is 1. The van der Waals surface area contributed by atoms with Crippen LogP contribution in [-0.4, -0.2) is 23.4 Å². The number of rotatable bonds is 6. The van der Waals surface area contributed by atoms with Crippen molar-refractivity contribution in [3.63, 3.8) is 0 Å². The molecule has 7 heteroatoms. The molecule has 2 rings (SSSR count). The minimum Gasteiger partial charge on any atom is -0.452 e. The Morgan fingerprint density at radius 2 is 1.68 bits per heavy atom. The van der Waals surface area contributed by atoms with Gasteiger partial charge in [-0.15, -0.1) is 0 Å². The molecule has 25 heavy (non-hydrogen) atoms. The number of esters is 1. The average Bonchev–Trinajstić information content (AvgIpc) is 2.60. The topological polar surface area (TPSA) is 98.5 Å². The van der Waals surface area contributed by atoms with Gasteiger partial charge in [0.25, 0.3) is 11.6 Å². The average molecular weight is 342 g/mol. The lowest BCUT2D eigenvalue weighted by Gasteiger charge is -2.09. The van der Waals surface area contributed by atoms with Crippen LogP contribution in [0.5, 0.6) is 0 Å². The van der Waals surface area contributed by atoms with Gasteiger partial charge in [-0.3, -0.25) is 14.9 Å². The minimum absolute atomic E-state index is 0.126. The summed E-state index contributed by atoms with van der Waals surface area (Å²) in [6, 6.07) is 12.4. The Balaban J connectivity index is 1.86. The molecule has 130 valence electrons. The lowest BCUT2D eigenvalue weighted by atomic mass is 10.0. The second-order valence-corrected chi connectivity index (χ2v) is 5.71. The Morgan fingerprint density at radius 3 is 2.20 bits per heavy atom. The second-order valence-electron chi connectivity index (χ2n) is 5.71. The maximum Gasteiger partial charge on any atom is 0.338 e. The highest BCUT2D eigenvalue weighted by Gasteiger charge is 2.12. The molecule has 0 atom stereocenters. The molecule has 0 aliphatic heterocycles. The smallest absolute Gasteiger partial charge is 0.338 e. The van der Waals surface area contributed by atoms with Gasteiger partial charge in [0.15, 0.2) is 6.61 Å². The van der Waals surface area contributed by atoms with Crippen molar-refractivity contribution in [2.45, 2.75) is 19.8 Å². The third-order valence-electron chi connectivity index (χ3n) is 3.51. The number of non-ortho nitro benzene ring substituents is 1. The Bertz CT molecular complexity index is 767. The van der Waals surface area contributed by atoms with Crippen molar-refractivity contribution in [2.24, 2.45) is 0 Å². The molecule has 2 aromatic rings. The Morgan fingerprint density at radius 1 is 1.08 bits per heavy atom. The molecule has 0 saturated carbocycles. The van der Waals surface area contributed by atoms with Crippen molar-refractivity contribution < 1.29 is 19.2 Å². The summed E-state index contributed by atoms with van der Waals surface area (Å²) >= 11 is 0. The fourth-order valence-corrected chi connectivity index (χ4v) is 2.08. The molecule has 0 heterocycles. The van der Waals surface area contributed by atoms with Crippen LogP contribution in [0.4, 0.5) is 11.4 Å². The van der Waals surface area contributed by atoms with Crippen LogP contribution in [0.15, 0.2) is 48.5 Å². The van der Waals surface area contributed by atoms with Crippen LogP contribution in [0, 0.1) is 10.1 Å². The number of carbonyl (C=O) groups is 2. The van der Waals surface area contributed by atoms with Crippen LogP contribution < -0.4 is 5.32 Å². The number of hydrogen-bond donors (Lipinski definition) is 1. The third-order valence-corrected chi connectivity index (χ3v) is 3.51. The van der Waals surface area contributed by atoms with Gasteiger partial charge in [0.2, 0.25) is 0 Å². The summed E-state index contributed by atoms with van der Waals surface area (Å²) < 4.78 is 4.90. The maximum atomic E-state index is 11.8. The lowest BCUT2D eigenvalue weighted by molar-refractivity contribution is -0.384. The third kappa shape index (κ3) is 5.13. The molecule has 0 saturated heterocycles. The Kier molecular flexibility index (Phi) is 5.84. The second kappa shape index (κ2) is 8.05. The molecular formula is C18H18N2O5. The number of amides is 1. The molecule has 1 amide bonds. The molecule has 0 aromatic heterocycles. The van der Waals surface area contributed by atoms with Gasteiger partial charge in [-0.05, 0) is 35.7 Å². The molecule has 0 spiro atoms. The SMILES string of the molecule is CC(C)c1ccc(NC(=O)COC(=O)c2ccc([N+](=O)[O-])cc2)cc1. The summed E-state index contributed by atoms with van der Waals surface area (Å²) in [4.78, 5) is 33.7. The van der Waals surface area contributed by atoms with Gasteiger partial charge in [-0.2, -0.15) is 0 Å². The van der Waals surface area contributed by atoms with E-state index < -0.39 is 23.4 Å². The predicted molar refractivity (Wildman–Crippen MR) is 92.5 cm³/mol. The zero-order valence-corrected chi connectivity index (χ0v) is 13.9. The van der Waals surface area contributed by atoms with Gasteiger partial charge in [-0.25, -0.2) is 4.79 Å². The zero-order valence-electron chi connectivity index (χ0n) is 13.9. The Labute approximate surface area is 144 Å². The van der Waals surface area contributed by atoms with Crippen molar-refractivity contribution in [3.8, 4) is 0 Å². The number of ether oxygens (including phenoxy) is 1. The van der Waals surface area contributed by atoms with Gasteiger partial charge < -0.3 is 10.1 Å². The van der Waals surface area contributed by atoms with E-state index in [0.717, 1.165) is 5.56 Å². The molecule has 0 fully saturated rings. The fourth-order valence-electron chi connectivity index (χ4n) is 2.08. The summed E-state index contributed by atoms with van der Waals surface area (Å²) in [5.74, 6) is -0.792. The first-order valence-electron chi connectivity index (χ1n) is 7.68. The summed E-state index contributed by atoms with van der Waals surface area (Å²) in [6.45, 7) is 3.71. The highest BCUT2D eigenvalue weighted by molar-refractivity contribution is 5.95. The number of nitrogens with one attached hydrogen (secondary N) is 1. The van der Waals surface area contributed by atoms with E-state index in [0.29, 0.717) is 11.6 Å². The van der Waals surface area contributed by atoms with E-state index in [9.17, 15) is 19.7 Å². The molecular weight excluding hydrogens is 324 g/mol. The van der Waals surface area contributed by atoms with E-state index in [-0.39, 0.29) is 11.3 Å². The van der Waals surface area contributed by atoms with Crippen LogP contribution in [0.1, 0.15) is 35.7 Å². The first-order valence-corrected chi connectivity index (χ1v) is 7.68. The number of carbonyl (C=O) groups excluding carboxylic acids is 2. The quantitative estimate of drug-likeness (QED) is 0.492. The van der Waals surface area contributed by atoms with Crippen LogP contribution in [-0.2, 0) is 9.53 Å². The molecule has 1 N–H and O–H groups in total. The van der Waals surface area contributed by atoms with E-state index in [1.54, 1.807) is 12.1 Å². The number of nitrogens with zero attached hydrogens (tertiary/aromatic N) is 1. The van der Waals surface area contributed by atoms with Crippen molar-refractivity contribution in [2.75, 3.05) is 11.9 Å². The van der Waals surface area contributed by atoms with Gasteiger partial charge in [-0.1, -0.05) is 26.0 Å². The first-order chi connectivity index (χ1) is 11.9. The van der Waals surface area contributed by atoms with Gasteiger partial charge in [0.05, 0.1) is 10.5 Å². The van der Waals surface area contributed by atoms with Crippen LogP contribution in [0.2, 0.25) is 0 Å². The molecule has 0 unspecified atom stereocenters.